The number of carbonyl (C=O) groups excluding carboxylic acids is 2. The number of rotatable bonds is 10. The number of benzene rings is 2. The van der Waals surface area contributed by atoms with Gasteiger partial charge in [-0.05, 0) is 50.6 Å². The molecule has 3 aromatic rings. The van der Waals surface area contributed by atoms with Gasteiger partial charge in [0.25, 0.3) is 11.2 Å². The zero-order chi connectivity index (χ0) is 29.7. The van der Waals surface area contributed by atoms with E-state index >= 15 is 0 Å². The van der Waals surface area contributed by atoms with Crippen LogP contribution >= 0.6 is 11.3 Å². The molecule has 41 heavy (non-hydrogen) atoms. The monoisotopic (exact) mass is 581 g/mol. The number of nitro groups is 1. The number of fused-ring (bicyclic) bond motifs is 1. The van der Waals surface area contributed by atoms with Crippen LogP contribution in [0.4, 0.5) is 5.69 Å². The standard InChI is InChI=1S/C28H27N3O9S/c1-5-38-21-13-18(11-12-20(21)40-15-23(32)37-4)25-24(27(34)39-6-2)16(3)29-28-30(25)26(33)22(41-28)14-17-9-7-8-10-19(17)31(35)36/h7-14,25H,5-6,15H2,1-4H3/b22-14-/t25-/m1/s1. The number of ether oxygens (including phenoxy) is 4. The van der Waals surface area contributed by atoms with Gasteiger partial charge in [-0.25, -0.2) is 14.6 Å². The van der Waals surface area contributed by atoms with Crippen molar-refractivity contribution in [3.63, 3.8) is 0 Å². The molecule has 1 aromatic heterocycles. The second-order valence-corrected chi connectivity index (χ2v) is 9.63. The number of para-hydroxylation sites is 1. The molecule has 2 heterocycles. The Hall–Kier alpha value is -4.78. The molecule has 1 aliphatic heterocycles. The molecular weight excluding hydrogens is 554 g/mol. The summed E-state index contributed by atoms with van der Waals surface area (Å²) in [5.41, 5.74) is 0.622. The van der Waals surface area contributed by atoms with E-state index in [-0.39, 0.29) is 52.7 Å². The lowest BCUT2D eigenvalue weighted by atomic mass is 9.95. The molecule has 0 amide bonds. The summed E-state index contributed by atoms with van der Waals surface area (Å²) in [6.07, 6.45) is 1.44. The van der Waals surface area contributed by atoms with E-state index in [0.29, 0.717) is 16.1 Å². The predicted molar refractivity (Wildman–Crippen MR) is 149 cm³/mol. The van der Waals surface area contributed by atoms with Gasteiger partial charge in [-0.1, -0.05) is 29.5 Å². The van der Waals surface area contributed by atoms with Crippen LogP contribution in [-0.4, -0.2) is 48.4 Å². The summed E-state index contributed by atoms with van der Waals surface area (Å²) >= 11 is 1.05. The summed E-state index contributed by atoms with van der Waals surface area (Å²) in [6.45, 7) is 5.13. The van der Waals surface area contributed by atoms with E-state index in [0.717, 1.165) is 11.3 Å². The second-order valence-electron chi connectivity index (χ2n) is 8.62. The van der Waals surface area contributed by atoms with Crippen LogP contribution in [0.5, 0.6) is 11.5 Å². The van der Waals surface area contributed by atoms with Gasteiger partial charge in [0.1, 0.15) is 0 Å². The molecule has 0 fully saturated rings. The number of esters is 2. The zero-order valence-corrected chi connectivity index (χ0v) is 23.6. The first-order chi connectivity index (χ1) is 19.7. The Balaban J connectivity index is 1.92. The van der Waals surface area contributed by atoms with Gasteiger partial charge in [0, 0.05) is 6.07 Å². The van der Waals surface area contributed by atoms with E-state index in [1.807, 2.05) is 0 Å². The number of hydrogen-bond acceptors (Lipinski definition) is 11. The van der Waals surface area contributed by atoms with Crippen LogP contribution in [0.25, 0.3) is 6.08 Å². The topological polar surface area (TPSA) is 149 Å². The normalized spacial score (nSPS) is 14.6. The Morgan fingerprint density at radius 3 is 2.56 bits per heavy atom. The van der Waals surface area contributed by atoms with Crippen LogP contribution in [0.2, 0.25) is 0 Å². The van der Waals surface area contributed by atoms with Gasteiger partial charge in [0.2, 0.25) is 0 Å². The van der Waals surface area contributed by atoms with Gasteiger partial charge >= 0.3 is 11.9 Å². The molecule has 4 rings (SSSR count). The highest BCUT2D eigenvalue weighted by atomic mass is 32.1. The first-order valence-corrected chi connectivity index (χ1v) is 13.4. The number of allylic oxidation sites excluding steroid dienone is 1. The van der Waals surface area contributed by atoms with Crippen molar-refractivity contribution >= 4 is 35.0 Å². The van der Waals surface area contributed by atoms with Crippen LogP contribution in [-0.2, 0) is 19.1 Å². The van der Waals surface area contributed by atoms with Crippen LogP contribution in [0.15, 0.2) is 63.5 Å². The van der Waals surface area contributed by atoms with Gasteiger partial charge in [-0.15, -0.1) is 0 Å². The molecular formula is C28H27N3O9S. The quantitative estimate of drug-likeness (QED) is 0.200. The molecule has 13 heteroatoms. The lowest BCUT2D eigenvalue weighted by molar-refractivity contribution is -0.385. The fourth-order valence-electron chi connectivity index (χ4n) is 4.30. The fourth-order valence-corrected chi connectivity index (χ4v) is 5.34. The Kier molecular flexibility index (Phi) is 8.97. The van der Waals surface area contributed by atoms with Crippen molar-refractivity contribution in [2.24, 2.45) is 4.99 Å². The Morgan fingerprint density at radius 1 is 1.12 bits per heavy atom. The Labute approximate surface area is 237 Å². The molecule has 1 atom stereocenters. The minimum absolute atomic E-state index is 0.106. The number of aromatic nitrogens is 1. The van der Waals surface area contributed by atoms with Gasteiger partial charge < -0.3 is 18.9 Å². The van der Waals surface area contributed by atoms with E-state index in [1.165, 1.54) is 23.8 Å². The van der Waals surface area contributed by atoms with Gasteiger partial charge in [-0.2, -0.15) is 0 Å². The second kappa shape index (κ2) is 12.6. The first-order valence-electron chi connectivity index (χ1n) is 12.6. The van der Waals surface area contributed by atoms with E-state index in [1.54, 1.807) is 57.2 Å². The molecule has 2 aromatic carbocycles. The lowest BCUT2D eigenvalue weighted by Crippen LogP contribution is -2.40. The molecule has 0 N–H and O–H groups in total. The molecule has 0 saturated heterocycles. The molecule has 0 aliphatic carbocycles. The van der Waals surface area contributed by atoms with Crippen molar-refractivity contribution in [1.29, 1.82) is 0 Å². The summed E-state index contributed by atoms with van der Waals surface area (Å²) in [5.74, 6) is -0.668. The predicted octanol–water partition coefficient (Wildman–Crippen LogP) is 2.66. The highest BCUT2D eigenvalue weighted by Gasteiger charge is 2.34. The number of carbonyl (C=O) groups is 2. The largest absolute Gasteiger partial charge is 0.490 e. The van der Waals surface area contributed by atoms with E-state index < -0.39 is 28.5 Å². The maximum atomic E-state index is 13.8. The fraction of sp³-hybridized carbons (Fsp3) is 0.286. The van der Waals surface area contributed by atoms with Crippen molar-refractivity contribution in [3.05, 3.63) is 94.7 Å². The highest BCUT2D eigenvalue weighted by molar-refractivity contribution is 7.07. The van der Waals surface area contributed by atoms with Crippen LogP contribution in [0.3, 0.4) is 0 Å². The number of nitro benzene ring substituents is 1. The first kappa shape index (κ1) is 29.2. The third-order valence-electron chi connectivity index (χ3n) is 6.09. The maximum Gasteiger partial charge on any atom is 0.343 e. The molecule has 0 radical (unpaired) electrons. The summed E-state index contributed by atoms with van der Waals surface area (Å²) in [4.78, 5) is 54.5. The number of thiazole rings is 1. The number of nitrogens with zero attached hydrogens (tertiary/aromatic N) is 3. The molecule has 214 valence electrons. The molecule has 12 nitrogen and oxygen atoms in total. The summed E-state index contributed by atoms with van der Waals surface area (Å²) in [5, 5.41) is 11.5. The average molecular weight is 582 g/mol. The van der Waals surface area contributed by atoms with Crippen molar-refractivity contribution < 1.29 is 33.5 Å². The summed E-state index contributed by atoms with van der Waals surface area (Å²) in [6, 6.07) is 9.98. The smallest absolute Gasteiger partial charge is 0.343 e. The Morgan fingerprint density at radius 2 is 1.88 bits per heavy atom. The van der Waals surface area contributed by atoms with Crippen LogP contribution in [0.1, 0.15) is 37.9 Å². The molecule has 0 unspecified atom stereocenters. The highest BCUT2D eigenvalue weighted by Crippen LogP contribution is 2.36. The maximum absolute atomic E-state index is 13.8. The van der Waals surface area contributed by atoms with E-state index in [4.69, 9.17) is 14.2 Å². The van der Waals surface area contributed by atoms with Gasteiger partial charge in [0.15, 0.2) is 22.9 Å². The third kappa shape index (κ3) is 6.04. The van der Waals surface area contributed by atoms with Crippen molar-refractivity contribution in [1.82, 2.24) is 4.57 Å². The summed E-state index contributed by atoms with van der Waals surface area (Å²) in [7, 11) is 1.25. The average Bonchev–Trinajstić information content (AvgIpc) is 3.25. The number of hydrogen-bond donors (Lipinski definition) is 0. The summed E-state index contributed by atoms with van der Waals surface area (Å²) < 4.78 is 22.8. The van der Waals surface area contributed by atoms with Gasteiger partial charge in [-0.3, -0.25) is 19.5 Å². The van der Waals surface area contributed by atoms with Crippen LogP contribution in [0, 0.1) is 10.1 Å². The van der Waals surface area contributed by atoms with Crippen molar-refractivity contribution in [2.75, 3.05) is 26.9 Å². The zero-order valence-electron chi connectivity index (χ0n) is 22.7. The third-order valence-corrected chi connectivity index (χ3v) is 7.08. The van der Waals surface area contributed by atoms with Gasteiger partial charge in [0.05, 0.1) is 52.7 Å². The van der Waals surface area contributed by atoms with Crippen molar-refractivity contribution in [2.45, 2.75) is 26.8 Å². The van der Waals surface area contributed by atoms with Crippen molar-refractivity contribution in [3.8, 4) is 11.5 Å². The Bertz CT molecular complexity index is 1720. The molecule has 0 saturated carbocycles. The molecule has 1 aliphatic rings. The minimum Gasteiger partial charge on any atom is -0.490 e. The van der Waals surface area contributed by atoms with E-state index in [2.05, 4.69) is 9.73 Å². The van der Waals surface area contributed by atoms with E-state index in [9.17, 15) is 24.5 Å². The molecule has 0 spiro atoms. The number of methoxy groups -OCH3 is 1. The SMILES string of the molecule is CCOC(=O)C1=C(C)N=c2s/c(=C\c3ccccc3[N+](=O)[O-])c(=O)n2[C@@H]1c1ccc(OCC(=O)OC)c(OCC)c1. The van der Waals surface area contributed by atoms with Crippen LogP contribution < -0.4 is 24.4 Å². The molecule has 0 bridgehead atoms. The minimum atomic E-state index is -0.952. The lowest BCUT2D eigenvalue weighted by Gasteiger charge is -2.25.